The first kappa shape index (κ1) is 26.9. The summed E-state index contributed by atoms with van der Waals surface area (Å²) in [5, 5.41) is 43.2. The van der Waals surface area contributed by atoms with Gasteiger partial charge in [0.05, 0.1) is 16.7 Å². The van der Waals surface area contributed by atoms with Crippen molar-refractivity contribution in [1.29, 1.82) is 10.5 Å². The first-order valence-corrected chi connectivity index (χ1v) is 14.0. The summed E-state index contributed by atoms with van der Waals surface area (Å²) < 4.78 is 7.29. The molecule has 200 valence electrons. The zero-order chi connectivity index (χ0) is 28.2. The van der Waals surface area contributed by atoms with Crippen molar-refractivity contribution in [2.45, 2.75) is 49.2 Å². The molecule has 1 aliphatic rings. The number of non-ortho nitro benzene ring substituents is 1. The Labute approximate surface area is 236 Å². The molecule has 0 radical (unpaired) electrons. The molecule has 0 saturated heterocycles. The van der Waals surface area contributed by atoms with Gasteiger partial charge >= 0.3 is 0 Å². The largest absolute Gasteiger partial charge is 0.461 e. The van der Waals surface area contributed by atoms with Crippen LogP contribution in [0.2, 0.25) is 0 Å². The number of fused-ring (bicyclic) bond motifs is 1. The lowest BCUT2D eigenvalue weighted by atomic mass is 9.96. The third kappa shape index (κ3) is 5.25. The number of aryl methyl sites for hydroxylation is 1. The van der Waals surface area contributed by atoms with E-state index in [1.165, 1.54) is 47.6 Å². The summed E-state index contributed by atoms with van der Waals surface area (Å²) in [7, 11) is 0. The number of nitro benzene ring substituents is 1. The topological polar surface area (TPSA) is 164 Å². The minimum Gasteiger partial charge on any atom is -0.461 e. The highest BCUT2D eigenvalue weighted by Gasteiger charge is 2.24. The van der Waals surface area contributed by atoms with Crippen LogP contribution in [0.3, 0.4) is 0 Å². The highest BCUT2D eigenvalue weighted by atomic mass is 32.2. The van der Waals surface area contributed by atoms with Gasteiger partial charge in [-0.25, -0.2) is 0 Å². The fourth-order valence-corrected chi connectivity index (χ4v) is 6.65. The molecular weight excluding hydrogens is 550 g/mol. The molecule has 0 spiro atoms. The molecule has 1 amide bonds. The van der Waals surface area contributed by atoms with Crippen LogP contribution in [-0.2, 0) is 24.2 Å². The van der Waals surface area contributed by atoms with Crippen LogP contribution in [0.4, 0.5) is 10.7 Å². The SMILES string of the molecule is CCn1c(Sc2ccc([N+](=O)[O-])cc2/C=C(/C#N)C(=O)Nc2sc3c(c2C#N)CCCC3)nnc1-c1ccco1. The molecule has 40 heavy (non-hydrogen) atoms. The average Bonchev–Trinajstić information content (AvgIpc) is 3.70. The molecular formula is C27H21N7O4S2. The maximum atomic E-state index is 13.2. The van der Waals surface area contributed by atoms with Gasteiger partial charge in [-0.15, -0.1) is 21.5 Å². The molecule has 0 bridgehead atoms. The average molecular weight is 572 g/mol. The molecule has 0 fully saturated rings. The molecule has 3 aromatic heterocycles. The number of anilines is 1. The third-order valence-electron chi connectivity index (χ3n) is 6.36. The Morgan fingerprint density at radius 1 is 1.30 bits per heavy atom. The number of furan rings is 1. The highest BCUT2D eigenvalue weighted by molar-refractivity contribution is 7.99. The van der Waals surface area contributed by atoms with Crippen LogP contribution in [0.15, 0.2) is 56.6 Å². The van der Waals surface area contributed by atoms with Crippen molar-refractivity contribution in [3.8, 4) is 23.7 Å². The number of hydrogen-bond donors (Lipinski definition) is 1. The van der Waals surface area contributed by atoms with Crippen molar-refractivity contribution in [3.05, 3.63) is 73.8 Å². The number of aromatic nitrogens is 3. The Bertz CT molecular complexity index is 1720. The monoisotopic (exact) mass is 571 g/mol. The Morgan fingerprint density at radius 3 is 2.83 bits per heavy atom. The van der Waals surface area contributed by atoms with E-state index in [2.05, 4.69) is 21.6 Å². The predicted molar refractivity (Wildman–Crippen MR) is 149 cm³/mol. The lowest BCUT2D eigenvalue weighted by Crippen LogP contribution is -2.13. The van der Waals surface area contributed by atoms with Gasteiger partial charge in [0.25, 0.3) is 11.6 Å². The zero-order valence-electron chi connectivity index (χ0n) is 21.2. The Hall–Kier alpha value is -4.72. The number of benzene rings is 1. The van der Waals surface area contributed by atoms with E-state index in [9.17, 15) is 25.4 Å². The summed E-state index contributed by atoms with van der Waals surface area (Å²) in [6, 6.07) is 11.8. The summed E-state index contributed by atoms with van der Waals surface area (Å²) in [6.45, 7) is 2.45. The van der Waals surface area contributed by atoms with Gasteiger partial charge in [-0.3, -0.25) is 19.5 Å². The van der Waals surface area contributed by atoms with Crippen molar-refractivity contribution in [3.63, 3.8) is 0 Å². The number of carbonyl (C=O) groups excluding carboxylic acids is 1. The number of carbonyl (C=O) groups is 1. The second-order valence-corrected chi connectivity index (χ2v) is 10.9. The van der Waals surface area contributed by atoms with Crippen LogP contribution in [0.1, 0.15) is 41.3 Å². The minimum atomic E-state index is -0.697. The van der Waals surface area contributed by atoms with Crippen LogP contribution in [0.5, 0.6) is 0 Å². The van der Waals surface area contributed by atoms with Gasteiger partial charge in [0.1, 0.15) is 22.7 Å². The van der Waals surface area contributed by atoms with Gasteiger partial charge in [-0.1, -0.05) is 0 Å². The lowest BCUT2D eigenvalue weighted by molar-refractivity contribution is -0.384. The van der Waals surface area contributed by atoms with Crippen molar-refractivity contribution < 1.29 is 14.1 Å². The van der Waals surface area contributed by atoms with Gasteiger partial charge in [0.2, 0.25) is 0 Å². The molecule has 11 nitrogen and oxygen atoms in total. The Balaban J connectivity index is 1.49. The molecule has 1 N–H and O–H groups in total. The van der Waals surface area contributed by atoms with E-state index in [-0.39, 0.29) is 11.3 Å². The Morgan fingerprint density at radius 2 is 2.12 bits per heavy atom. The van der Waals surface area contributed by atoms with E-state index in [1.54, 1.807) is 18.2 Å². The molecule has 5 rings (SSSR count). The van der Waals surface area contributed by atoms with E-state index >= 15 is 0 Å². The number of nitriles is 2. The van der Waals surface area contributed by atoms with Crippen molar-refractivity contribution >= 4 is 45.8 Å². The highest BCUT2D eigenvalue weighted by Crippen LogP contribution is 2.38. The second-order valence-electron chi connectivity index (χ2n) is 8.76. The van der Waals surface area contributed by atoms with Gasteiger partial charge in [0.15, 0.2) is 16.7 Å². The van der Waals surface area contributed by atoms with Crippen LogP contribution in [-0.4, -0.2) is 25.6 Å². The fourth-order valence-electron chi connectivity index (χ4n) is 4.44. The van der Waals surface area contributed by atoms with E-state index in [0.29, 0.717) is 44.3 Å². The van der Waals surface area contributed by atoms with E-state index in [0.717, 1.165) is 36.1 Å². The summed E-state index contributed by atoms with van der Waals surface area (Å²) in [6.07, 6.45) is 6.49. The summed E-state index contributed by atoms with van der Waals surface area (Å²) in [5.41, 5.74) is 1.23. The number of nitrogens with zero attached hydrogens (tertiary/aromatic N) is 6. The summed E-state index contributed by atoms with van der Waals surface area (Å²) in [4.78, 5) is 25.8. The first-order valence-electron chi connectivity index (χ1n) is 12.3. The van der Waals surface area contributed by atoms with Gasteiger partial charge in [0, 0.05) is 28.5 Å². The standard InChI is InChI=1S/C27H21N7O4S2/c1-2-33-24(21-7-5-11-38-21)31-32-27(33)40-22-10-9-18(34(36)37)13-16(22)12-17(14-28)25(35)30-26-20(15-29)19-6-3-4-8-23(19)39-26/h5,7,9-13H,2-4,6,8H2,1H3,(H,30,35)/b17-12-. The number of nitro groups is 1. The number of rotatable bonds is 8. The van der Waals surface area contributed by atoms with Gasteiger partial charge in [-0.2, -0.15) is 10.5 Å². The van der Waals surface area contributed by atoms with Gasteiger partial charge < -0.3 is 9.73 Å². The van der Waals surface area contributed by atoms with Gasteiger partial charge in [-0.05, 0) is 79.8 Å². The van der Waals surface area contributed by atoms with Crippen LogP contribution in [0.25, 0.3) is 17.7 Å². The molecule has 1 aromatic carbocycles. The number of hydrogen-bond acceptors (Lipinski definition) is 10. The fraction of sp³-hybridized carbons (Fsp3) is 0.222. The van der Waals surface area contributed by atoms with E-state index in [1.807, 2.05) is 17.6 Å². The van der Waals surface area contributed by atoms with E-state index < -0.39 is 10.8 Å². The Kier molecular flexibility index (Phi) is 7.77. The molecule has 0 aliphatic heterocycles. The quantitative estimate of drug-likeness (QED) is 0.116. The molecule has 0 atom stereocenters. The maximum Gasteiger partial charge on any atom is 0.270 e. The first-order chi connectivity index (χ1) is 19.4. The van der Waals surface area contributed by atoms with Crippen molar-refractivity contribution in [2.75, 3.05) is 5.32 Å². The summed E-state index contributed by atoms with van der Waals surface area (Å²) in [5.74, 6) is 0.371. The smallest absolute Gasteiger partial charge is 0.270 e. The van der Waals surface area contributed by atoms with Crippen molar-refractivity contribution in [1.82, 2.24) is 14.8 Å². The van der Waals surface area contributed by atoms with Crippen LogP contribution >= 0.6 is 23.1 Å². The second kappa shape index (κ2) is 11.6. The molecule has 13 heteroatoms. The molecule has 3 heterocycles. The molecule has 1 aliphatic carbocycles. The zero-order valence-corrected chi connectivity index (χ0v) is 22.8. The van der Waals surface area contributed by atoms with E-state index in [4.69, 9.17) is 4.42 Å². The maximum absolute atomic E-state index is 13.2. The molecule has 0 unspecified atom stereocenters. The number of nitrogens with one attached hydrogen (secondary N) is 1. The lowest BCUT2D eigenvalue weighted by Gasteiger charge is -2.09. The third-order valence-corrected chi connectivity index (χ3v) is 8.64. The minimum absolute atomic E-state index is 0.195. The number of amides is 1. The number of thiophene rings is 1. The van der Waals surface area contributed by atoms with Crippen LogP contribution < -0.4 is 5.32 Å². The normalized spacial score (nSPS) is 12.8. The van der Waals surface area contributed by atoms with Crippen molar-refractivity contribution in [2.24, 2.45) is 0 Å². The predicted octanol–water partition coefficient (Wildman–Crippen LogP) is 5.98. The van der Waals surface area contributed by atoms with Crippen LogP contribution in [0, 0.1) is 32.8 Å². The molecule has 0 saturated carbocycles. The molecule has 4 aromatic rings. The summed E-state index contributed by atoms with van der Waals surface area (Å²) >= 11 is 2.55.